The first-order chi connectivity index (χ1) is 15.5. The van der Waals surface area contributed by atoms with Gasteiger partial charge in [0.1, 0.15) is 16.7 Å². The highest BCUT2D eigenvalue weighted by atomic mass is 35.5. The Kier molecular flexibility index (Phi) is 10.0. The number of guanidine groups is 1. The zero-order valence-electron chi connectivity index (χ0n) is 17.0. The van der Waals surface area contributed by atoms with E-state index >= 15 is 0 Å². The number of ether oxygens (including phenoxy) is 1. The van der Waals surface area contributed by atoms with Gasteiger partial charge in [-0.2, -0.15) is 4.72 Å². The first-order valence-corrected chi connectivity index (χ1v) is 11.9. The maximum Gasteiger partial charge on any atom is 0.322 e. The van der Waals surface area contributed by atoms with Crippen molar-refractivity contribution in [2.45, 2.75) is 23.8 Å². The van der Waals surface area contributed by atoms with Crippen LogP contribution in [0.4, 0.5) is 0 Å². The van der Waals surface area contributed by atoms with Gasteiger partial charge in [0, 0.05) is 11.4 Å². The Morgan fingerprint density at radius 2 is 1.73 bits per heavy atom. The molecule has 0 aliphatic carbocycles. The molecule has 0 unspecified atom stereocenters. The number of aliphatic carboxylic acids is 1. The molecular formula is C19H21Cl3N4O6S. The summed E-state index contributed by atoms with van der Waals surface area (Å²) in [4.78, 5) is 16.1. The lowest BCUT2D eigenvalue weighted by atomic mass is 10.1. The number of halogens is 3. The van der Waals surface area contributed by atoms with Crippen LogP contribution in [-0.2, 0) is 26.1 Å². The number of nitrogens with one attached hydrogen (secondary N) is 3. The summed E-state index contributed by atoms with van der Waals surface area (Å²) in [6.45, 7) is 0.610. The largest absolute Gasteiger partial charge is 0.494 e. The molecule has 6 N–H and O–H groups in total. The number of carboxylic acid groups (broad SMARTS) is 1. The summed E-state index contributed by atoms with van der Waals surface area (Å²) in [5.41, 5.74) is 7.83. The van der Waals surface area contributed by atoms with Gasteiger partial charge in [-0.15, -0.1) is 0 Å². The number of benzene rings is 2. The summed E-state index contributed by atoms with van der Waals surface area (Å²) in [6, 6.07) is 7.42. The van der Waals surface area contributed by atoms with Gasteiger partial charge in [-0.1, -0.05) is 46.9 Å². The van der Waals surface area contributed by atoms with Crippen LogP contribution in [0.1, 0.15) is 12.0 Å². The quantitative estimate of drug-likeness (QED) is 0.119. The molecule has 1 atom stereocenters. The van der Waals surface area contributed by atoms with Gasteiger partial charge >= 0.3 is 5.97 Å². The average Bonchev–Trinajstić information content (AvgIpc) is 2.69. The molecule has 2 aromatic rings. The van der Waals surface area contributed by atoms with E-state index in [1.165, 1.54) is 12.1 Å². The maximum absolute atomic E-state index is 12.7. The third-order valence-electron chi connectivity index (χ3n) is 4.03. The number of rotatable bonds is 12. The molecule has 0 saturated heterocycles. The molecule has 0 bridgehead atoms. The van der Waals surface area contributed by atoms with E-state index in [-0.39, 0.29) is 34.1 Å². The molecule has 0 amide bonds. The van der Waals surface area contributed by atoms with Gasteiger partial charge in [-0.05, 0) is 36.2 Å². The molecule has 14 heteroatoms. The Morgan fingerprint density at radius 1 is 1.12 bits per heavy atom. The fraction of sp³-hybridized carbons (Fsp3) is 0.263. The molecule has 33 heavy (non-hydrogen) atoms. The predicted octanol–water partition coefficient (Wildman–Crippen LogP) is 2.80. The minimum Gasteiger partial charge on any atom is -0.494 e. The van der Waals surface area contributed by atoms with Crippen LogP contribution in [0.5, 0.6) is 5.75 Å². The Balaban J connectivity index is 2.00. The number of nitrogens with two attached hydrogens (primary N) is 1. The standard InChI is InChI=1S/C19H21Cl3N4O6S/c20-12-9-14(21)17(15(22)10-12)33(29,30)26-16(18(27)28)8-11-2-4-13(5-3-11)31-6-1-7-32-25-19(23)24/h2-5,9-10,16,26H,1,6-8H2,(H,27,28)(H4,23,24,25)/t16-/m0/s1. The molecule has 0 spiro atoms. The number of hydrogen-bond donors (Lipinski definition) is 5. The zero-order valence-corrected chi connectivity index (χ0v) is 20.1. The van der Waals surface area contributed by atoms with Gasteiger partial charge in [-0.3, -0.25) is 15.0 Å². The van der Waals surface area contributed by atoms with E-state index in [9.17, 15) is 18.3 Å². The maximum atomic E-state index is 12.7. The average molecular weight is 540 g/mol. The highest BCUT2D eigenvalue weighted by Gasteiger charge is 2.29. The Bertz CT molecular complexity index is 1080. The Labute approximate surface area is 205 Å². The first kappa shape index (κ1) is 27.0. The minimum absolute atomic E-state index is 0.137. The van der Waals surface area contributed by atoms with E-state index in [2.05, 4.69) is 10.2 Å². The Hall–Kier alpha value is -2.28. The van der Waals surface area contributed by atoms with Gasteiger partial charge in [0.15, 0.2) is 0 Å². The molecule has 10 nitrogen and oxygen atoms in total. The lowest BCUT2D eigenvalue weighted by molar-refractivity contribution is -0.138. The van der Waals surface area contributed by atoms with E-state index < -0.39 is 26.9 Å². The SMILES string of the molecule is N=C(N)NOCCCOc1ccc(C[C@H](NS(=O)(=O)c2c(Cl)cc(Cl)cc2Cl)C(=O)O)cc1. The van der Waals surface area contributed by atoms with E-state index in [1.54, 1.807) is 24.3 Å². The van der Waals surface area contributed by atoms with Crippen molar-refractivity contribution in [1.29, 1.82) is 5.41 Å². The molecule has 0 radical (unpaired) electrons. The molecule has 0 heterocycles. The molecular weight excluding hydrogens is 519 g/mol. The number of sulfonamides is 1. The lowest BCUT2D eigenvalue weighted by Crippen LogP contribution is -2.42. The molecule has 2 aromatic carbocycles. The fourth-order valence-electron chi connectivity index (χ4n) is 2.62. The summed E-state index contributed by atoms with van der Waals surface area (Å²) in [5.74, 6) is -1.14. The normalized spacial score (nSPS) is 12.2. The summed E-state index contributed by atoms with van der Waals surface area (Å²) in [7, 11) is -4.35. The second-order valence-corrected chi connectivity index (χ2v) is 9.53. The van der Waals surface area contributed by atoms with Crippen molar-refractivity contribution in [3.05, 3.63) is 57.0 Å². The number of carboxylic acids is 1. The molecule has 0 saturated carbocycles. The minimum atomic E-state index is -4.35. The van der Waals surface area contributed by atoms with Gasteiger partial charge in [0.2, 0.25) is 16.0 Å². The van der Waals surface area contributed by atoms with Gasteiger partial charge < -0.3 is 15.6 Å². The van der Waals surface area contributed by atoms with Crippen LogP contribution < -0.4 is 20.7 Å². The third kappa shape index (κ3) is 8.54. The molecule has 0 aliphatic rings. The smallest absolute Gasteiger partial charge is 0.322 e. The fourth-order valence-corrected chi connectivity index (χ4v) is 5.35. The lowest BCUT2D eigenvalue weighted by Gasteiger charge is -2.17. The van der Waals surface area contributed by atoms with Crippen molar-refractivity contribution in [1.82, 2.24) is 10.2 Å². The van der Waals surface area contributed by atoms with Crippen molar-refractivity contribution in [2.75, 3.05) is 13.2 Å². The van der Waals surface area contributed by atoms with Crippen molar-refractivity contribution in [3.63, 3.8) is 0 Å². The molecule has 0 fully saturated rings. The van der Waals surface area contributed by atoms with Crippen LogP contribution >= 0.6 is 34.8 Å². The number of hydroxylamine groups is 1. The highest BCUT2D eigenvalue weighted by Crippen LogP contribution is 2.32. The van der Waals surface area contributed by atoms with Crippen molar-refractivity contribution < 1.29 is 27.9 Å². The molecule has 180 valence electrons. The summed E-state index contributed by atoms with van der Waals surface area (Å²) in [6.07, 6.45) is 0.392. The second kappa shape index (κ2) is 12.3. The molecule has 0 aliphatic heterocycles. The summed E-state index contributed by atoms with van der Waals surface area (Å²) < 4.78 is 33.1. The van der Waals surface area contributed by atoms with Gasteiger partial charge in [-0.25, -0.2) is 13.9 Å². The topological polar surface area (TPSA) is 164 Å². The monoisotopic (exact) mass is 538 g/mol. The van der Waals surface area contributed by atoms with Crippen molar-refractivity contribution in [2.24, 2.45) is 5.73 Å². The van der Waals surface area contributed by atoms with Crippen LogP contribution in [-0.4, -0.2) is 44.7 Å². The van der Waals surface area contributed by atoms with Crippen LogP contribution in [0.15, 0.2) is 41.3 Å². The summed E-state index contributed by atoms with van der Waals surface area (Å²) >= 11 is 17.7. The van der Waals surface area contributed by atoms with Crippen LogP contribution in [0, 0.1) is 5.41 Å². The van der Waals surface area contributed by atoms with Crippen LogP contribution in [0.2, 0.25) is 15.1 Å². The van der Waals surface area contributed by atoms with E-state index in [1.807, 2.05) is 0 Å². The van der Waals surface area contributed by atoms with Crippen LogP contribution in [0.3, 0.4) is 0 Å². The Morgan fingerprint density at radius 3 is 2.27 bits per heavy atom. The second-order valence-electron chi connectivity index (χ2n) is 6.62. The molecule has 0 aromatic heterocycles. The third-order valence-corrected chi connectivity index (χ3v) is 6.64. The zero-order chi connectivity index (χ0) is 24.6. The van der Waals surface area contributed by atoms with Crippen molar-refractivity contribution in [3.8, 4) is 5.75 Å². The first-order valence-electron chi connectivity index (χ1n) is 9.33. The van der Waals surface area contributed by atoms with Gasteiger partial charge in [0.05, 0.1) is 23.3 Å². The molecule has 2 rings (SSSR count). The van der Waals surface area contributed by atoms with Gasteiger partial charge in [0.25, 0.3) is 0 Å². The predicted molar refractivity (Wildman–Crippen MR) is 124 cm³/mol. The highest BCUT2D eigenvalue weighted by molar-refractivity contribution is 7.89. The van der Waals surface area contributed by atoms with Crippen molar-refractivity contribution >= 4 is 56.8 Å². The summed E-state index contributed by atoms with van der Waals surface area (Å²) in [5, 5.41) is 16.2. The van der Waals surface area contributed by atoms with E-state index in [0.29, 0.717) is 24.3 Å². The van der Waals surface area contributed by atoms with Crippen LogP contribution in [0.25, 0.3) is 0 Å². The number of carbonyl (C=O) groups is 1. The number of hydrogen-bond acceptors (Lipinski definition) is 6. The van der Waals surface area contributed by atoms with E-state index in [4.69, 9.17) is 55.5 Å². The van der Waals surface area contributed by atoms with E-state index in [0.717, 1.165) is 0 Å².